The highest BCUT2D eigenvalue weighted by Crippen LogP contribution is 2.46. The molecule has 3 saturated carbocycles. The van der Waals surface area contributed by atoms with Crippen LogP contribution in [-0.4, -0.2) is 46.8 Å². The molecule has 0 saturated heterocycles. The standard InChI is InChI=1S/C24H21F4N7O2/c25-12-7-13-14(9-30-20(13)29-8-12)21-32-19(15-5-6-35(34-15)24(27)28)17(26)22(33-21)31-18-11-3-1-10(2-4-11)16(18)23(36)37/h5-11,16,18,24H,1-4H2,(H,29,30)(H,36,37)(H,31,32,33). The lowest BCUT2D eigenvalue weighted by molar-refractivity contribution is -0.148. The van der Waals surface area contributed by atoms with Crippen LogP contribution in [0.3, 0.4) is 0 Å². The fourth-order valence-electron chi connectivity index (χ4n) is 5.74. The summed E-state index contributed by atoms with van der Waals surface area (Å²) >= 11 is 0. The van der Waals surface area contributed by atoms with Crippen molar-refractivity contribution in [1.29, 1.82) is 0 Å². The zero-order valence-electron chi connectivity index (χ0n) is 19.2. The summed E-state index contributed by atoms with van der Waals surface area (Å²) in [6, 6.07) is 1.85. The minimum absolute atomic E-state index is 0.0109. The Morgan fingerprint density at radius 1 is 1.16 bits per heavy atom. The summed E-state index contributed by atoms with van der Waals surface area (Å²) in [6.07, 6.45) is 6.73. The molecule has 4 aromatic heterocycles. The topological polar surface area (TPSA) is 122 Å². The van der Waals surface area contributed by atoms with Crippen LogP contribution >= 0.6 is 0 Å². The SMILES string of the molecule is O=C(O)C1C2CCC(CC2)C1Nc1nc(-c2c[nH]c3ncc(F)cc23)nc(-c2ccn(C(F)F)n2)c1F. The van der Waals surface area contributed by atoms with Crippen LogP contribution in [0.4, 0.5) is 23.4 Å². The lowest BCUT2D eigenvalue weighted by Crippen LogP contribution is -2.51. The largest absolute Gasteiger partial charge is 0.481 e. The van der Waals surface area contributed by atoms with E-state index in [1.807, 2.05) is 0 Å². The Hall–Kier alpha value is -4.03. The molecule has 0 aromatic carbocycles. The minimum atomic E-state index is -2.94. The Morgan fingerprint density at radius 3 is 2.62 bits per heavy atom. The molecule has 4 heterocycles. The van der Waals surface area contributed by atoms with Crippen molar-refractivity contribution in [3.63, 3.8) is 0 Å². The molecule has 0 spiro atoms. The molecular formula is C24H21F4N7O2. The number of carbonyl (C=O) groups is 1. The highest BCUT2D eigenvalue weighted by molar-refractivity contribution is 5.92. The van der Waals surface area contributed by atoms with Gasteiger partial charge in [0.1, 0.15) is 22.9 Å². The third-order valence-corrected chi connectivity index (χ3v) is 7.45. The van der Waals surface area contributed by atoms with Gasteiger partial charge < -0.3 is 15.4 Å². The van der Waals surface area contributed by atoms with Gasteiger partial charge in [-0.2, -0.15) is 13.9 Å². The van der Waals surface area contributed by atoms with E-state index in [2.05, 4.69) is 30.4 Å². The number of carboxylic acid groups (broad SMARTS) is 1. The zero-order valence-corrected chi connectivity index (χ0v) is 19.2. The Morgan fingerprint density at radius 2 is 1.92 bits per heavy atom. The molecule has 13 heteroatoms. The number of rotatable bonds is 6. The molecule has 2 atom stereocenters. The predicted octanol–water partition coefficient (Wildman–Crippen LogP) is 4.86. The first-order valence-electron chi connectivity index (χ1n) is 11.8. The van der Waals surface area contributed by atoms with E-state index in [9.17, 15) is 23.1 Å². The van der Waals surface area contributed by atoms with Crippen molar-refractivity contribution in [2.75, 3.05) is 5.32 Å². The molecule has 4 aromatic rings. The van der Waals surface area contributed by atoms with Crippen molar-refractivity contribution in [2.45, 2.75) is 38.3 Å². The van der Waals surface area contributed by atoms with Crippen LogP contribution in [0, 0.1) is 29.4 Å². The molecule has 7 rings (SSSR count). The fourth-order valence-corrected chi connectivity index (χ4v) is 5.74. The first-order valence-corrected chi connectivity index (χ1v) is 11.8. The van der Waals surface area contributed by atoms with Crippen molar-refractivity contribution in [3.8, 4) is 22.8 Å². The van der Waals surface area contributed by atoms with E-state index in [-0.39, 0.29) is 34.9 Å². The van der Waals surface area contributed by atoms with Crippen LogP contribution in [0.5, 0.6) is 0 Å². The molecule has 3 aliphatic carbocycles. The van der Waals surface area contributed by atoms with Crippen molar-refractivity contribution in [1.82, 2.24) is 29.7 Å². The lowest BCUT2D eigenvalue weighted by Gasteiger charge is -2.47. The Kier molecular flexibility index (Phi) is 5.57. The highest BCUT2D eigenvalue weighted by Gasteiger charge is 2.47. The summed E-state index contributed by atoms with van der Waals surface area (Å²) in [5.74, 6) is -3.56. The Labute approximate surface area is 207 Å². The van der Waals surface area contributed by atoms with E-state index in [0.717, 1.165) is 38.1 Å². The van der Waals surface area contributed by atoms with Crippen LogP contribution < -0.4 is 5.32 Å². The zero-order chi connectivity index (χ0) is 25.8. The molecule has 3 aliphatic rings. The monoisotopic (exact) mass is 515 g/mol. The summed E-state index contributed by atoms with van der Waals surface area (Å²) in [7, 11) is 0. The second-order valence-electron chi connectivity index (χ2n) is 9.48. The quantitative estimate of drug-likeness (QED) is 0.314. The molecule has 192 valence electrons. The number of nitrogens with one attached hydrogen (secondary N) is 2. The third-order valence-electron chi connectivity index (χ3n) is 7.45. The van der Waals surface area contributed by atoms with Crippen LogP contribution in [0.25, 0.3) is 33.8 Å². The maximum absolute atomic E-state index is 15.8. The Balaban J connectivity index is 1.49. The van der Waals surface area contributed by atoms with Crippen molar-refractivity contribution >= 4 is 22.8 Å². The number of anilines is 1. The molecule has 2 unspecified atom stereocenters. The number of aliphatic carboxylic acids is 1. The maximum Gasteiger partial charge on any atom is 0.333 e. The number of aromatic amines is 1. The lowest BCUT2D eigenvalue weighted by atomic mass is 9.61. The number of pyridine rings is 1. The second-order valence-corrected chi connectivity index (χ2v) is 9.48. The van der Waals surface area contributed by atoms with Crippen LogP contribution in [0.2, 0.25) is 0 Å². The number of nitrogens with zero attached hydrogens (tertiary/aromatic N) is 5. The number of hydrogen-bond donors (Lipinski definition) is 3. The smallest absolute Gasteiger partial charge is 0.333 e. The number of H-pyrrole nitrogens is 1. The van der Waals surface area contributed by atoms with E-state index >= 15 is 4.39 Å². The van der Waals surface area contributed by atoms with Crippen molar-refractivity contribution < 1.29 is 27.5 Å². The van der Waals surface area contributed by atoms with Gasteiger partial charge in [-0.25, -0.2) is 28.4 Å². The first kappa shape index (κ1) is 23.4. The van der Waals surface area contributed by atoms with Gasteiger partial charge in [0.15, 0.2) is 17.5 Å². The number of halogens is 4. The van der Waals surface area contributed by atoms with Gasteiger partial charge in [0, 0.05) is 29.4 Å². The van der Waals surface area contributed by atoms with E-state index < -0.39 is 36.1 Å². The van der Waals surface area contributed by atoms with Gasteiger partial charge in [-0.1, -0.05) is 0 Å². The van der Waals surface area contributed by atoms with Gasteiger partial charge in [-0.05, 0) is 49.7 Å². The van der Waals surface area contributed by atoms with Crippen LogP contribution in [0.15, 0.2) is 30.7 Å². The van der Waals surface area contributed by atoms with E-state index in [0.29, 0.717) is 21.3 Å². The fraction of sp³-hybridized carbons (Fsp3) is 0.375. The minimum Gasteiger partial charge on any atom is -0.481 e. The van der Waals surface area contributed by atoms with Crippen LogP contribution in [-0.2, 0) is 4.79 Å². The summed E-state index contributed by atoms with van der Waals surface area (Å²) in [4.78, 5) is 27.6. The average Bonchev–Trinajstić information content (AvgIpc) is 3.53. The second kappa shape index (κ2) is 8.82. The van der Waals surface area contributed by atoms with Crippen molar-refractivity contribution in [3.05, 3.63) is 42.4 Å². The van der Waals surface area contributed by atoms with Crippen LogP contribution in [0.1, 0.15) is 32.2 Å². The predicted molar refractivity (Wildman–Crippen MR) is 123 cm³/mol. The summed E-state index contributed by atoms with van der Waals surface area (Å²) in [6.45, 7) is -2.94. The van der Waals surface area contributed by atoms with Gasteiger partial charge >= 0.3 is 12.5 Å². The van der Waals surface area contributed by atoms with Gasteiger partial charge in [-0.3, -0.25) is 4.79 Å². The van der Waals surface area contributed by atoms with E-state index in [1.165, 1.54) is 18.3 Å². The highest BCUT2D eigenvalue weighted by atomic mass is 19.3. The number of fused-ring (bicyclic) bond motifs is 4. The van der Waals surface area contributed by atoms with E-state index in [1.54, 1.807) is 0 Å². The molecule has 9 nitrogen and oxygen atoms in total. The van der Waals surface area contributed by atoms with Crippen molar-refractivity contribution in [2.24, 2.45) is 17.8 Å². The first-order chi connectivity index (χ1) is 17.8. The number of alkyl halides is 2. The molecule has 2 bridgehead atoms. The van der Waals surface area contributed by atoms with Gasteiger partial charge in [-0.15, -0.1) is 0 Å². The van der Waals surface area contributed by atoms with Gasteiger partial charge in [0.05, 0.1) is 12.1 Å². The number of hydrogen-bond acceptors (Lipinski definition) is 6. The summed E-state index contributed by atoms with van der Waals surface area (Å²) in [5, 5.41) is 17.0. The van der Waals surface area contributed by atoms with E-state index in [4.69, 9.17) is 0 Å². The summed E-state index contributed by atoms with van der Waals surface area (Å²) in [5.41, 5.74) is 0.143. The molecule has 37 heavy (non-hydrogen) atoms. The molecular weight excluding hydrogens is 494 g/mol. The molecule has 0 amide bonds. The molecule has 3 N–H and O–H groups in total. The number of aromatic nitrogens is 6. The molecule has 3 fully saturated rings. The normalized spacial score (nSPS) is 23.2. The van der Waals surface area contributed by atoms with Gasteiger partial charge in [0.25, 0.3) is 0 Å². The number of carboxylic acids is 1. The molecule has 0 aliphatic heterocycles. The molecule has 0 radical (unpaired) electrons. The Bertz CT molecular complexity index is 1500. The van der Waals surface area contributed by atoms with Gasteiger partial charge in [0.2, 0.25) is 0 Å². The third kappa shape index (κ3) is 3.98. The maximum atomic E-state index is 15.8. The summed E-state index contributed by atoms with van der Waals surface area (Å²) < 4.78 is 56.5. The average molecular weight is 515 g/mol.